The van der Waals surface area contributed by atoms with Crippen LogP contribution in [0.3, 0.4) is 0 Å². The molecular formula is C21H32O4. The predicted octanol–water partition coefficient (Wildman–Crippen LogP) is 4.10. The summed E-state index contributed by atoms with van der Waals surface area (Å²) in [6, 6.07) is 0. The van der Waals surface area contributed by atoms with Gasteiger partial charge < -0.3 is 14.6 Å². The van der Waals surface area contributed by atoms with Crippen LogP contribution >= 0.6 is 0 Å². The molecule has 0 aromatic heterocycles. The number of hydrogen-bond acceptors (Lipinski definition) is 4. The molecule has 1 N–H and O–H groups in total. The van der Waals surface area contributed by atoms with Crippen LogP contribution in [0.15, 0.2) is 35.5 Å². The van der Waals surface area contributed by atoms with Gasteiger partial charge in [-0.15, -0.1) is 0 Å². The molecule has 4 heteroatoms. The van der Waals surface area contributed by atoms with Crippen molar-refractivity contribution in [3.8, 4) is 0 Å². The van der Waals surface area contributed by atoms with E-state index >= 15 is 0 Å². The molecule has 0 aromatic rings. The molecule has 2 rings (SSSR count). The van der Waals surface area contributed by atoms with E-state index in [-0.39, 0.29) is 18.0 Å². The van der Waals surface area contributed by atoms with Crippen molar-refractivity contribution in [2.75, 3.05) is 7.11 Å². The van der Waals surface area contributed by atoms with Crippen molar-refractivity contribution in [1.29, 1.82) is 0 Å². The van der Waals surface area contributed by atoms with Gasteiger partial charge in [-0.05, 0) is 51.5 Å². The normalized spacial score (nSPS) is 37.7. The molecule has 0 spiro atoms. The Hall–Kier alpha value is -1.39. The second-order valence-electron chi connectivity index (χ2n) is 7.92. The molecule has 1 aliphatic carbocycles. The van der Waals surface area contributed by atoms with E-state index < -0.39 is 11.2 Å². The molecule has 3 atom stereocenters. The van der Waals surface area contributed by atoms with Crippen LogP contribution in [0.1, 0.15) is 59.8 Å². The standard InChI is InChI=1S/C21H32O4/c1-15(2)21(23)10-8-17-14-18(25-19(17)22)13-16(3)7-6-9-20(4,24-5)11-12-21/h7,11-12,14-15,18,23H,6,8-10,13H2,1-5H3/b12-11+,16-7+/t18-,20+,21+/m0/s1. The first-order valence-corrected chi connectivity index (χ1v) is 9.23. The summed E-state index contributed by atoms with van der Waals surface area (Å²) >= 11 is 0. The van der Waals surface area contributed by atoms with Gasteiger partial charge in [0.25, 0.3) is 0 Å². The lowest BCUT2D eigenvalue weighted by Gasteiger charge is -2.32. The summed E-state index contributed by atoms with van der Waals surface area (Å²) in [5.74, 6) is -0.210. The molecular weight excluding hydrogens is 316 g/mol. The number of aliphatic hydroxyl groups is 1. The zero-order chi connectivity index (χ0) is 18.7. The van der Waals surface area contributed by atoms with E-state index in [1.54, 1.807) is 7.11 Å². The van der Waals surface area contributed by atoms with Crippen molar-refractivity contribution in [3.63, 3.8) is 0 Å². The Kier molecular flexibility index (Phi) is 6.28. The molecule has 4 nitrogen and oxygen atoms in total. The van der Waals surface area contributed by atoms with Crippen LogP contribution in [0.25, 0.3) is 0 Å². The van der Waals surface area contributed by atoms with Crippen molar-refractivity contribution >= 4 is 5.97 Å². The summed E-state index contributed by atoms with van der Waals surface area (Å²) in [5.41, 5.74) is 0.494. The van der Waals surface area contributed by atoms with Gasteiger partial charge in [0, 0.05) is 19.1 Å². The van der Waals surface area contributed by atoms with E-state index in [0.717, 1.165) is 19.3 Å². The van der Waals surface area contributed by atoms with Gasteiger partial charge in [-0.1, -0.05) is 37.6 Å². The summed E-state index contributed by atoms with van der Waals surface area (Å²) < 4.78 is 11.2. The fourth-order valence-electron chi connectivity index (χ4n) is 3.30. The minimum absolute atomic E-state index is 0.0359. The van der Waals surface area contributed by atoms with Gasteiger partial charge in [-0.25, -0.2) is 4.79 Å². The second kappa shape index (κ2) is 7.88. The summed E-state index contributed by atoms with van der Waals surface area (Å²) in [4.78, 5) is 12.1. The topological polar surface area (TPSA) is 55.8 Å². The van der Waals surface area contributed by atoms with Crippen LogP contribution < -0.4 is 0 Å². The summed E-state index contributed by atoms with van der Waals surface area (Å²) in [6.07, 6.45) is 11.2. The molecule has 1 heterocycles. The molecule has 25 heavy (non-hydrogen) atoms. The maximum atomic E-state index is 12.1. The Morgan fingerprint density at radius 2 is 2.04 bits per heavy atom. The lowest BCUT2D eigenvalue weighted by atomic mass is 9.82. The third-order valence-corrected chi connectivity index (χ3v) is 5.55. The third-order valence-electron chi connectivity index (χ3n) is 5.55. The maximum Gasteiger partial charge on any atom is 0.334 e. The molecule has 0 saturated carbocycles. The number of fused-ring (bicyclic) bond motifs is 1. The van der Waals surface area contributed by atoms with Gasteiger partial charge >= 0.3 is 5.97 Å². The summed E-state index contributed by atoms with van der Waals surface area (Å²) in [7, 11) is 1.70. The summed E-state index contributed by atoms with van der Waals surface area (Å²) in [5, 5.41) is 11.1. The van der Waals surface area contributed by atoms with E-state index in [1.165, 1.54) is 5.57 Å². The number of ether oxygens (including phenoxy) is 2. The first-order chi connectivity index (χ1) is 11.7. The first kappa shape index (κ1) is 19.9. The average molecular weight is 348 g/mol. The van der Waals surface area contributed by atoms with Crippen LogP contribution in [0.4, 0.5) is 0 Å². The number of carbonyl (C=O) groups is 1. The number of hydrogen-bond donors (Lipinski definition) is 1. The van der Waals surface area contributed by atoms with Crippen LogP contribution in [-0.4, -0.2) is 35.5 Å². The zero-order valence-electron chi connectivity index (χ0n) is 16.2. The highest BCUT2D eigenvalue weighted by Gasteiger charge is 2.33. The lowest BCUT2D eigenvalue weighted by molar-refractivity contribution is -0.139. The highest BCUT2D eigenvalue weighted by atomic mass is 16.5. The second-order valence-corrected chi connectivity index (χ2v) is 7.92. The van der Waals surface area contributed by atoms with Gasteiger partial charge in [-0.3, -0.25) is 0 Å². The average Bonchev–Trinajstić information content (AvgIpc) is 2.89. The van der Waals surface area contributed by atoms with Crippen molar-refractivity contribution in [1.82, 2.24) is 0 Å². The van der Waals surface area contributed by atoms with Gasteiger partial charge in [-0.2, -0.15) is 0 Å². The largest absolute Gasteiger partial charge is 0.454 e. The number of esters is 1. The van der Waals surface area contributed by atoms with E-state index in [4.69, 9.17) is 9.47 Å². The number of rotatable bonds is 2. The third kappa shape index (κ3) is 5.05. The fourth-order valence-corrected chi connectivity index (χ4v) is 3.30. The van der Waals surface area contributed by atoms with E-state index in [0.29, 0.717) is 18.4 Å². The van der Waals surface area contributed by atoms with Crippen LogP contribution in [0.2, 0.25) is 0 Å². The Bertz CT molecular complexity index is 587. The minimum Gasteiger partial charge on any atom is -0.454 e. The molecule has 140 valence electrons. The Balaban J connectivity index is 2.33. The van der Waals surface area contributed by atoms with E-state index in [1.807, 2.05) is 39.0 Å². The van der Waals surface area contributed by atoms with Crippen molar-refractivity contribution in [2.24, 2.45) is 5.92 Å². The molecule has 0 saturated heterocycles. The Labute approximate surface area is 151 Å². The van der Waals surface area contributed by atoms with Crippen LogP contribution in [-0.2, 0) is 14.3 Å². The smallest absolute Gasteiger partial charge is 0.334 e. The lowest BCUT2D eigenvalue weighted by Crippen LogP contribution is -2.34. The van der Waals surface area contributed by atoms with Gasteiger partial charge in [0.2, 0.25) is 0 Å². The highest BCUT2D eigenvalue weighted by Crippen LogP contribution is 2.32. The van der Waals surface area contributed by atoms with Gasteiger partial charge in [0.15, 0.2) is 0 Å². The first-order valence-electron chi connectivity index (χ1n) is 9.23. The van der Waals surface area contributed by atoms with Crippen molar-refractivity contribution < 1.29 is 19.4 Å². The molecule has 1 aliphatic heterocycles. The number of methoxy groups -OCH3 is 1. The molecule has 0 amide bonds. The Morgan fingerprint density at radius 3 is 2.68 bits per heavy atom. The number of allylic oxidation sites excluding steroid dienone is 1. The minimum atomic E-state index is -0.977. The molecule has 2 bridgehead atoms. The van der Waals surface area contributed by atoms with Crippen molar-refractivity contribution in [3.05, 3.63) is 35.5 Å². The quantitative estimate of drug-likeness (QED) is 0.603. The molecule has 2 aliphatic rings. The highest BCUT2D eigenvalue weighted by molar-refractivity contribution is 5.90. The monoisotopic (exact) mass is 348 g/mol. The van der Waals surface area contributed by atoms with Gasteiger partial charge in [0.1, 0.15) is 6.10 Å². The maximum absolute atomic E-state index is 12.1. The zero-order valence-corrected chi connectivity index (χ0v) is 16.2. The molecule has 0 unspecified atom stereocenters. The van der Waals surface area contributed by atoms with Crippen LogP contribution in [0, 0.1) is 5.92 Å². The molecule has 0 radical (unpaired) electrons. The van der Waals surface area contributed by atoms with Crippen LogP contribution in [0.5, 0.6) is 0 Å². The Morgan fingerprint density at radius 1 is 1.32 bits per heavy atom. The van der Waals surface area contributed by atoms with E-state index in [2.05, 4.69) is 13.0 Å². The predicted molar refractivity (Wildman–Crippen MR) is 99.1 cm³/mol. The van der Waals surface area contributed by atoms with Gasteiger partial charge in [0.05, 0.1) is 11.2 Å². The summed E-state index contributed by atoms with van der Waals surface area (Å²) in [6.45, 7) is 8.10. The van der Waals surface area contributed by atoms with E-state index in [9.17, 15) is 9.90 Å². The molecule has 0 fully saturated rings. The number of carbonyl (C=O) groups excluding carboxylic acids is 1. The fraction of sp³-hybridized carbons (Fsp3) is 0.667. The van der Waals surface area contributed by atoms with Crippen molar-refractivity contribution in [2.45, 2.75) is 77.1 Å². The molecule has 0 aromatic carbocycles. The SMILES string of the molecule is CO[C@@]1(C)/C=C/[C@@](O)(C(C)C)CCC2=C[C@H](C/C(C)=C/CC1)OC2=O.